The Morgan fingerprint density at radius 3 is 2.56 bits per heavy atom. The van der Waals surface area contributed by atoms with E-state index in [0.717, 1.165) is 77.3 Å². The summed E-state index contributed by atoms with van der Waals surface area (Å²) >= 11 is 0. The number of hydrogen-bond acceptors (Lipinski definition) is 8. The summed E-state index contributed by atoms with van der Waals surface area (Å²) in [5, 5.41) is 8.41. The SMILES string of the molecule is Fc1cc(-c2cncc3[nH]c(-c4[nH]nc5ncc(-c6cncc(CN7CCCC7)c6)cc45)nc23)cc(N2CCOCC2)c1. The molecule has 7 heterocycles. The number of likely N-dealkylation sites (tertiary alicyclic amines) is 1. The molecule has 5 aromatic heterocycles. The highest BCUT2D eigenvalue weighted by Crippen LogP contribution is 2.34. The Kier molecular flexibility index (Phi) is 6.53. The van der Waals surface area contributed by atoms with Gasteiger partial charge in [-0.25, -0.2) is 14.4 Å². The first-order valence-corrected chi connectivity index (χ1v) is 14.7. The quantitative estimate of drug-likeness (QED) is 0.279. The minimum atomic E-state index is -0.302. The third-order valence-corrected chi connectivity index (χ3v) is 8.34. The molecule has 11 heteroatoms. The third-order valence-electron chi connectivity index (χ3n) is 8.34. The maximum atomic E-state index is 14.8. The van der Waals surface area contributed by atoms with Gasteiger partial charge >= 0.3 is 0 Å². The standard InChI is InChI=1S/C32H30FN9O/c33-24-10-21(11-25(13-24)42-5-7-43-8-6-42)27-17-35-18-28-29(27)38-32(37-28)30-26-12-23(16-36-31(26)40-39-30)22-9-20(14-34-15-22)19-41-3-1-2-4-41/h9-18H,1-8,19H2,(H,37,38)(H,36,39,40). The first-order valence-electron chi connectivity index (χ1n) is 14.7. The number of aromatic nitrogens is 7. The normalized spacial score (nSPS) is 16.1. The molecule has 0 atom stereocenters. The highest BCUT2D eigenvalue weighted by atomic mass is 19.1. The largest absolute Gasteiger partial charge is 0.378 e. The van der Waals surface area contributed by atoms with Crippen LogP contribution in [0, 0.1) is 5.82 Å². The summed E-state index contributed by atoms with van der Waals surface area (Å²) in [7, 11) is 0. The number of hydrogen-bond donors (Lipinski definition) is 2. The number of nitrogens with zero attached hydrogens (tertiary/aromatic N) is 7. The Hall–Kier alpha value is -4.74. The van der Waals surface area contributed by atoms with Gasteiger partial charge in [-0.1, -0.05) is 0 Å². The highest BCUT2D eigenvalue weighted by molar-refractivity contribution is 5.97. The van der Waals surface area contributed by atoms with E-state index in [-0.39, 0.29) is 5.82 Å². The van der Waals surface area contributed by atoms with E-state index in [4.69, 9.17) is 9.72 Å². The molecular weight excluding hydrogens is 545 g/mol. The van der Waals surface area contributed by atoms with E-state index in [1.807, 2.05) is 24.7 Å². The molecule has 10 nitrogen and oxygen atoms in total. The lowest BCUT2D eigenvalue weighted by molar-refractivity contribution is 0.122. The summed E-state index contributed by atoms with van der Waals surface area (Å²) in [5.41, 5.74) is 8.22. The lowest BCUT2D eigenvalue weighted by Crippen LogP contribution is -2.36. The van der Waals surface area contributed by atoms with Crippen LogP contribution in [0.4, 0.5) is 10.1 Å². The number of rotatable bonds is 6. The number of benzene rings is 1. The van der Waals surface area contributed by atoms with Gasteiger partial charge in [0, 0.05) is 66.8 Å². The van der Waals surface area contributed by atoms with E-state index >= 15 is 0 Å². The number of H-pyrrole nitrogens is 2. The number of aromatic amines is 2. The van der Waals surface area contributed by atoms with E-state index in [1.54, 1.807) is 18.5 Å². The van der Waals surface area contributed by atoms with Gasteiger partial charge < -0.3 is 14.6 Å². The summed E-state index contributed by atoms with van der Waals surface area (Å²) in [6.45, 7) is 5.88. The Bertz CT molecular complexity index is 1940. The number of pyridine rings is 3. The molecule has 0 radical (unpaired) electrons. The second-order valence-corrected chi connectivity index (χ2v) is 11.2. The molecule has 216 valence electrons. The van der Waals surface area contributed by atoms with E-state index < -0.39 is 0 Å². The van der Waals surface area contributed by atoms with Gasteiger partial charge in [0.05, 0.1) is 35.8 Å². The van der Waals surface area contributed by atoms with E-state index in [0.29, 0.717) is 30.2 Å². The fraction of sp³-hybridized carbons (Fsp3) is 0.281. The Labute approximate surface area is 247 Å². The minimum Gasteiger partial charge on any atom is -0.378 e. The van der Waals surface area contributed by atoms with Crippen LogP contribution in [0.3, 0.4) is 0 Å². The predicted octanol–water partition coefficient (Wildman–Crippen LogP) is 5.20. The molecule has 0 amide bonds. The predicted molar refractivity (Wildman–Crippen MR) is 163 cm³/mol. The monoisotopic (exact) mass is 575 g/mol. The van der Waals surface area contributed by atoms with Crippen molar-refractivity contribution < 1.29 is 9.13 Å². The van der Waals surface area contributed by atoms with E-state index in [2.05, 4.69) is 52.1 Å². The zero-order valence-electron chi connectivity index (χ0n) is 23.6. The summed E-state index contributed by atoms with van der Waals surface area (Å²) in [4.78, 5) is 26.5. The third kappa shape index (κ3) is 5.00. The first-order chi connectivity index (χ1) is 21.2. The Balaban J connectivity index is 1.16. The van der Waals surface area contributed by atoms with Crippen LogP contribution in [0.5, 0.6) is 0 Å². The van der Waals surface area contributed by atoms with Crippen molar-refractivity contribution in [3.63, 3.8) is 0 Å². The van der Waals surface area contributed by atoms with Crippen molar-refractivity contribution >= 4 is 27.8 Å². The minimum absolute atomic E-state index is 0.302. The molecule has 2 aliphatic rings. The fourth-order valence-electron chi connectivity index (χ4n) is 6.17. The number of imidazole rings is 1. The van der Waals surface area contributed by atoms with Gasteiger partial charge in [-0.2, -0.15) is 5.10 Å². The average Bonchev–Trinajstić information content (AvgIpc) is 3.81. The average molecular weight is 576 g/mol. The van der Waals surface area contributed by atoms with Crippen molar-refractivity contribution in [3.8, 4) is 33.8 Å². The molecule has 2 aliphatic heterocycles. The van der Waals surface area contributed by atoms with Crippen molar-refractivity contribution in [1.29, 1.82) is 0 Å². The molecular formula is C32H30FN9O. The van der Waals surface area contributed by atoms with Crippen LogP contribution in [0.2, 0.25) is 0 Å². The van der Waals surface area contributed by atoms with Crippen LogP contribution < -0.4 is 4.90 Å². The zero-order chi connectivity index (χ0) is 28.8. The molecule has 8 rings (SSSR count). The van der Waals surface area contributed by atoms with Gasteiger partial charge in [0.25, 0.3) is 0 Å². The number of ether oxygens (including phenoxy) is 1. The van der Waals surface area contributed by atoms with Crippen molar-refractivity contribution in [2.45, 2.75) is 19.4 Å². The Morgan fingerprint density at radius 1 is 0.837 bits per heavy atom. The first kappa shape index (κ1) is 25.9. The highest BCUT2D eigenvalue weighted by Gasteiger charge is 2.19. The number of morpholine rings is 1. The summed E-state index contributed by atoms with van der Waals surface area (Å²) < 4.78 is 20.3. The van der Waals surface area contributed by atoms with Gasteiger partial charge in [0.2, 0.25) is 0 Å². The molecule has 1 aromatic carbocycles. The molecule has 2 N–H and O–H groups in total. The topological polar surface area (TPSA) is 112 Å². The van der Waals surface area contributed by atoms with Gasteiger partial charge in [-0.05, 0) is 67.4 Å². The van der Waals surface area contributed by atoms with Crippen LogP contribution in [0.25, 0.3) is 55.8 Å². The number of anilines is 1. The van der Waals surface area contributed by atoms with Crippen LogP contribution in [0.1, 0.15) is 18.4 Å². The van der Waals surface area contributed by atoms with E-state index in [1.165, 1.54) is 24.5 Å². The maximum Gasteiger partial charge on any atom is 0.181 e. The molecule has 0 unspecified atom stereocenters. The maximum absolute atomic E-state index is 14.8. The summed E-state index contributed by atoms with van der Waals surface area (Å²) in [6, 6.07) is 9.36. The molecule has 0 saturated carbocycles. The summed E-state index contributed by atoms with van der Waals surface area (Å²) in [6.07, 6.45) is 11.6. The molecule has 0 aliphatic carbocycles. The lowest BCUT2D eigenvalue weighted by atomic mass is 10.0. The second kappa shape index (κ2) is 10.8. The van der Waals surface area contributed by atoms with Gasteiger partial charge in [-0.15, -0.1) is 0 Å². The van der Waals surface area contributed by atoms with Crippen molar-refractivity contribution in [2.24, 2.45) is 0 Å². The second-order valence-electron chi connectivity index (χ2n) is 11.2. The van der Waals surface area contributed by atoms with Crippen LogP contribution in [-0.4, -0.2) is 79.4 Å². The molecule has 43 heavy (non-hydrogen) atoms. The Morgan fingerprint density at radius 2 is 1.67 bits per heavy atom. The number of halogens is 1. The molecule has 2 saturated heterocycles. The lowest BCUT2D eigenvalue weighted by Gasteiger charge is -2.29. The summed E-state index contributed by atoms with van der Waals surface area (Å²) in [5.74, 6) is 0.306. The molecule has 2 fully saturated rings. The number of nitrogens with one attached hydrogen (secondary N) is 2. The van der Waals surface area contributed by atoms with Crippen LogP contribution >= 0.6 is 0 Å². The zero-order valence-corrected chi connectivity index (χ0v) is 23.6. The molecule has 6 aromatic rings. The van der Waals surface area contributed by atoms with Gasteiger partial charge in [0.15, 0.2) is 11.5 Å². The van der Waals surface area contributed by atoms with Crippen molar-refractivity contribution in [2.75, 3.05) is 44.3 Å². The number of fused-ring (bicyclic) bond motifs is 2. The van der Waals surface area contributed by atoms with Crippen LogP contribution in [-0.2, 0) is 11.3 Å². The van der Waals surface area contributed by atoms with Crippen molar-refractivity contribution in [3.05, 3.63) is 72.7 Å². The van der Waals surface area contributed by atoms with Crippen LogP contribution in [0.15, 0.2) is 61.3 Å². The van der Waals surface area contributed by atoms with Crippen molar-refractivity contribution in [1.82, 2.24) is 40.0 Å². The van der Waals surface area contributed by atoms with E-state index in [9.17, 15) is 4.39 Å². The van der Waals surface area contributed by atoms with Gasteiger partial charge in [0.1, 0.15) is 11.5 Å². The fourth-order valence-corrected chi connectivity index (χ4v) is 6.17. The molecule has 0 spiro atoms. The molecule has 0 bridgehead atoms. The van der Waals surface area contributed by atoms with Gasteiger partial charge in [-0.3, -0.25) is 20.0 Å². The smallest absolute Gasteiger partial charge is 0.181 e.